The first-order chi connectivity index (χ1) is 14.1. The Labute approximate surface area is 180 Å². The van der Waals surface area contributed by atoms with E-state index in [2.05, 4.69) is 26.5 Å². The van der Waals surface area contributed by atoms with Crippen molar-refractivity contribution in [2.24, 2.45) is 4.99 Å². The van der Waals surface area contributed by atoms with Gasteiger partial charge in [0.2, 0.25) is 5.96 Å². The van der Waals surface area contributed by atoms with Crippen LogP contribution < -0.4 is 21.5 Å². The van der Waals surface area contributed by atoms with Crippen LogP contribution in [-0.4, -0.2) is 24.1 Å². The number of hydrazine groups is 1. The SMILES string of the molecule is CC1=C(N=C(NC(=O)c2cccc(Cl)c2)Nc2cccc(Cl)c2)NNC1C(F)(F)F. The standard InChI is InChI=1S/C19H16Cl2F3N5O/c1-10-15(19(22,23)24)28-29-16(10)26-18(25-14-7-3-6-13(21)9-14)27-17(30)11-4-2-5-12(20)8-11/h2-9,15,28-29H,1H3,(H2,25,26,27,30). The number of benzene rings is 2. The zero-order chi connectivity index (χ0) is 21.9. The number of carbonyl (C=O) groups excluding carboxylic acids is 1. The largest absolute Gasteiger partial charge is 0.409 e. The molecule has 158 valence electrons. The molecule has 0 fully saturated rings. The molecule has 11 heteroatoms. The summed E-state index contributed by atoms with van der Waals surface area (Å²) in [6.45, 7) is 1.29. The Balaban J connectivity index is 1.92. The number of nitrogens with zero attached hydrogens (tertiary/aromatic N) is 1. The lowest BCUT2D eigenvalue weighted by Crippen LogP contribution is -2.43. The van der Waals surface area contributed by atoms with Gasteiger partial charge < -0.3 is 10.7 Å². The van der Waals surface area contributed by atoms with Crippen LogP contribution in [-0.2, 0) is 0 Å². The molecule has 3 rings (SSSR count). The average molecular weight is 458 g/mol. The van der Waals surface area contributed by atoms with E-state index in [4.69, 9.17) is 23.2 Å². The summed E-state index contributed by atoms with van der Waals surface area (Å²) in [6.07, 6.45) is -4.50. The third-order valence-electron chi connectivity index (χ3n) is 4.10. The van der Waals surface area contributed by atoms with Gasteiger partial charge >= 0.3 is 6.18 Å². The van der Waals surface area contributed by atoms with Crippen molar-refractivity contribution in [1.29, 1.82) is 0 Å². The van der Waals surface area contributed by atoms with Gasteiger partial charge in [0, 0.05) is 21.3 Å². The summed E-state index contributed by atoms with van der Waals surface area (Å²) in [5.74, 6) is -0.732. The highest BCUT2D eigenvalue weighted by Gasteiger charge is 2.44. The van der Waals surface area contributed by atoms with E-state index in [0.717, 1.165) is 0 Å². The Morgan fingerprint density at radius 2 is 1.77 bits per heavy atom. The highest BCUT2D eigenvalue weighted by molar-refractivity contribution is 6.31. The van der Waals surface area contributed by atoms with Crippen molar-refractivity contribution in [1.82, 2.24) is 16.2 Å². The van der Waals surface area contributed by atoms with E-state index >= 15 is 0 Å². The molecule has 1 amide bonds. The number of rotatable bonds is 3. The summed E-state index contributed by atoms with van der Waals surface area (Å²) in [5.41, 5.74) is 5.18. The Hall–Kier alpha value is -2.75. The molecule has 6 nitrogen and oxygen atoms in total. The minimum atomic E-state index is -4.50. The van der Waals surface area contributed by atoms with E-state index in [1.807, 2.05) is 0 Å². The molecule has 2 aromatic rings. The van der Waals surface area contributed by atoms with Gasteiger partial charge in [0.15, 0.2) is 0 Å². The van der Waals surface area contributed by atoms with Gasteiger partial charge in [-0.05, 0) is 48.9 Å². The van der Waals surface area contributed by atoms with Gasteiger partial charge in [-0.3, -0.25) is 10.1 Å². The molecule has 0 aliphatic carbocycles. The van der Waals surface area contributed by atoms with Crippen LogP contribution in [0, 0.1) is 0 Å². The first-order valence-electron chi connectivity index (χ1n) is 8.61. The molecular weight excluding hydrogens is 442 g/mol. The van der Waals surface area contributed by atoms with E-state index in [9.17, 15) is 18.0 Å². The summed E-state index contributed by atoms with van der Waals surface area (Å²) in [4.78, 5) is 16.7. The molecule has 1 aliphatic heterocycles. The lowest BCUT2D eigenvalue weighted by molar-refractivity contribution is -0.146. The second kappa shape index (κ2) is 8.95. The zero-order valence-electron chi connectivity index (χ0n) is 15.4. The van der Waals surface area contributed by atoms with Crippen LogP contribution >= 0.6 is 23.2 Å². The highest BCUT2D eigenvalue weighted by atomic mass is 35.5. The zero-order valence-corrected chi connectivity index (χ0v) is 17.0. The number of hydrogen-bond acceptors (Lipinski definition) is 4. The predicted molar refractivity (Wildman–Crippen MR) is 110 cm³/mol. The Morgan fingerprint density at radius 3 is 2.37 bits per heavy atom. The maximum absolute atomic E-state index is 13.1. The number of nitrogens with one attached hydrogen (secondary N) is 4. The smallest absolute Gasteiger partial charge is 0.326 e. The maximum Gasteiger partial charge on any atom is 0.409 e. The molecule has 0 saturated carbocycles. The lowest BCUT2D eigenvalue weighted by atomic mass is 10.1. The van der Waals surface area contributed by atoms with Crippen LogP contribution in [0.25, 0.3) is 0 Å². The van der Waals surface area contributed by atoms with E-state index in [-0.39, 0.29) is 22.9 Å². The molecular formula is C19H16Cl2F3N5O. The normalized spacial score (nSPS) is 17.0. The third kappa shape index (κ3) is 5.44. The first kappa shape index (κ1) is 21.9. The van der Waals surface area contributed by atoms with Crippen LogP contribution in [0.15, 0.2) is 64.9 Å². The van der Waals surface area contributed by atoms with Crippen molar-refractivity contribution >= 4 is 40.8 Å². The number of halogens is 5. The number of alkyl halides is 3. The monoisotopic (exact) mass is 457 g/mol. The predicted octanol–water partition coefficient (Wildman–Crippen LogP) is 4.46. The molecule has 1 unspecified atom stereocenters. The van der Waals surface area contributed by atoms with Crippen LogP contribution in [0.1, 0.15) is 17.3 Å². The van der Waals surface area contributed by atoms with Gasteiger partial charge in [-0.1, -0.05) is 35.3 Å². The van der Waals surface area contributed by atoms with Crippen molar-refractivity contribution in [3.8, 4) is 0 Å². The van der Waals surface area contributed by atoms with Crippen molar-refractivity contribution < 1.29 is 18.0 Å². The van der Waals surface area contributed by atoms with E-state index in [1.54, 1.807) is 36.4 Å². The number of guanidine groups is 1. The Morgan fingerprint density at radius 1 is 1.10 bits per heavy atom. The molecule has 0 aromatic heterocycles. The topological polar surface area (TPSA) is 77.5 Å². The second-order valence-corrected chi connectivity index (χ2v) is 7.21. The molecule has 30 heavy (non-hydrogen) atoms. The molecule has 0 spiro atoms. The molecule has 0 radical (unpaired) electrons. The second-order valence-electron chi connectivity index (χ2n) is 6.34. The quantitative estimate of drug-likeness (QED) is 0.405. The minimum Gasteiger partial charge on any atom is -0.326 e. The van der Waals surface area contributed by atoms with Crippen LogP contribution in [0.5, 0.6) is 0 Å². The van der Waals surface area contributed by atoms with Gasteiger partial charge in [0.1, 0.15) is 11.9 Å². The summed E-state index contributed by atoms with van der Waals surface area (Å²) in [5, 5.41) is 6.18. The number of carbonyl (C=O) groups is 1. The van der Waals surface area contributed by atoms with Gasteiger partial charge in [-0.2, -0.15) is 18.2 Å². The lowest BCUT2D eigenvalue weighted by Gasteiger charge is -2.14. The summed E-state index contributed by atoms with van der Waals surface area (Å²) >= 11 is 11.9. The molecule has 1 heterocycles. The van der Waals surface area contributed by atoms with Gasteiger partial charge in [-0.15, -0.1) is 0 Å². The van der Waals surface area contributed by atoms with Crippen molar-refractivity contribution in [2.75, 3.05) is 5.32 Å². The number of anilines is 1. The first-order valence-corrected chi connectivity index (χ1v) is 9.36. The van der Waals surface area contributed by atoms with E-state index < -0.39 is 18.1 Å². The van der Waals surface area contributed by atoms with Crippen molar-refractivity contribution in [2.45, 2.75) is 19.1 Å². The number of amides is 1. The molecule has 0 bridgehead atoms. The maximum atomic E-state index is 13.1. The van der Waals surface area contributed by atoms with Crippen LogP contribution in [0.3, 0.4) is 0 Å². The number of aliphatic imine (C=N–C) groups is 1. The van der Waals surface area contributed by atoms with Crippen molar-refractivity contribution in [3.05, 3.63) is 75.5 Å². The summed E-state index contributed by atoms with van der Waals surface area (Å²) < 4.78 is 39.3. The Kier molecular flexibility index (Phi) is 6.55. The fourth-order valence-electron chi connectivity index (χ4n) is 2.64. The van der Waals surface area contributed by atoms with Crippen LogP contribution in [0.4, 0.5) is 18.9 Å². The third-order valence-corrected chi connectivity index (χ3v) is 4.57. The van der Waals surface area contributed by atoms with Crippen LogP contribution in [0.2, 0.25) is 10.0 Å². The summed E-state index contributed by atoms with van der Waals surface area (Å²) in [6, 6.07) is 10.9. The van der Waals surface area contributed by atoms with Gasteiger partial charge in [0.05, 0.1) is 0 Å². The van der Waals surface area contributed by atoms with E-state index in [0.29, 0.717) is 15.7 Å². The fourth-order valence-corrected chi connectivity index (χ4v) is 3.02. The molecule has 1 atom stereocenters. The molecule has 0 saturated heterocycles. The van der Waals surface area contributed by atoms with E-state index in [1.165, 1.54) is 19.1 Å². The fraction of sp³-hybridized carbons (Fsp3) is 0.158. The summed E-state index contributed by atoms with van der Waals surface area (Å²) in [7, 11) is 0. The minimum absolute atomic E-state index is 0.0757. The number of hydrogen-bond donors (Lipinski definition) is 4. The molecule has 2 aromatic carbocycles. The van der Waals surface area contributed by atoms with Gasteiger partial charge in [0.25, 0.3) is 5.91 Å². The Bertz CT molecular complexity index is 1020. The highest BCUT2D eigenvalue weighted by Crippen LogP contribution is 2.29. The van der Waals surface area contributed by atoms with Crippen molar-refractivity contribution in [3.63, 3.8) is 0 Å². The average Bonchev–Trinajstić information content (AvgIpc) is 3.02. The van der Waals surface area contributed by atoms with Gasteiger partial charge in [-0.25, -0.2) is 5.43 Å². The molecule has 4 N–H and O–H groups in total. The molecule has 1 aliphatic rings.